The van der Waals surface area contributed by atoms with Crippen molar-refractivity contribution in [2.24, 2.45) is 11.7 Å². The normalized spacial score (nSPS) is 45.0. The summed E-state index contributed by atoms with van der Waals surface area (Å²) < 4.78 is 0. The van der Waals surface area contributed by atoms with Crippen molar-refractivity contribution < 1.29 is 5.11 Å². The van der Waals surface area contributed by atoms with Crippen LogP contribution in [0.15, 0.2) is 0 Å². The highest BCUT2D eigenvalue weighted by Crippen LogP contribution is 2.22. The van der Waals surface area contributed by atoms with Crippen LogP contribution in [-0.4, -0.2) is 17.3 Å². The Balaban J connectivity index is 2.35. The van der Waals surface area contributed by atoms with Crippen molar-refractivity contribution >= 4 is 0 Å². The van der Waals surface area contributed by atoms with Crippen LogP contribution in [0.3, 0.4) is 0 Å². The summed E-state index contributed by atoms with van der Waals surface area (Å²) in [4.78, 5) is 0. The lowest BCUT2D eigenvalue weighted by molar-refractivity contribution is 0.0721. The molecule has 0 saturated heterocycles. The van der Waals surface area contributed by atoms with Crippen LogP contribution >= 0.6 is 0 Å². The molecule has 2 nitrogen and oxygen atoms in total. The maximum absolute atomic E-state index is 9.24. The molecule has 1 aliphatic carbocycles. The molecule has 0 amide bonds. The van der Waals surface area contributed by atoms with E-state index >= 15 is 0 Å². The number of hydrogen-bond acceptors (Lipinski definition) is 2. The van der Waals surface area contributed by atoms with E-state index in [1.165, 1.54) is 0 Å². The molecule has 2 heteroatoms. The minimum Gasteiger partial charge on any atom is -0.393 e. The molecule has 9 heavy (non-hydrogen) atoms. The third kappa shape index (κ3) is 1.66. The van der Waals surface area contributed by atoms with Crippen molar-refractivity contribution in [1.82, 2.24) is 0 Å². The first-order valence-electron chi connectivity index (χ1n) is 3.64. The van der Waals surface area contributed by atoms with Crippen molar-refractivity contribution in [3.63, 3.8) is 0 Å². The van der Waals surface area contributed by atoms with Crippen molar-refractivity contribution in [3.05, 3.63) is 0 Å². The fourth-order valence-electron chi connectivity index (χ4n) is 1.42. The summed E-state index contributed by atoms with van der Waals surface area (Å²) in [5, 5.41) is 9.24. The Kier molecular flexibility index (Phi) is 2.09. The number of hydrogen-bond donors (Lipinski definition) is 2. The number of aliphatic hydroxyl groups excluding tert-OH is 1. The molecule has 1 aliphatic rings. The molecule has 0 heterocycles. The second-order valence-corrected chi connectivity index (χ2v) is 3.12. The van der Waals surface area contributed by atoms with Gasteiger partial charge in [0.25, 0.3) is 0 Å². The van der Waals surface area contributed by atoms with Crippen LogP contribution < -0.4 is 5.73 Å². The number of aliphatic hydroxyl groups is 1. The highest BCUT2D eigenvalue weighted by Gasteiger charge is 2.22. The summed E-state index contributed by atoms with van der Waals surface area (Å²) in [6.07, 6.45) is 2.78. The van der Waals surface area contributed by atoms with Crippen LogP contribution in [0.4, 0.5) is 0 Å². The average molecular weight is 129 g/mol. The Labute approximate surface area is 56.1 Å². The molecule has 1 saturated carbocycles. The zero-order valence-corrected chi connectivity index (χ0v) is 5.88. The van der Waals surface area contributed by atoms with E-state index in [1.807, 2.05) is 0 Å². The van der Waals surface area contributed by atoms with Crippen LogP contribution in [-0.2, 0) is 0 Å². The second-order valence-electron chi connectivity index (χ2n) is 3.12. The monoisotopic (exact) mass is 129 g/mol. The van der Waals surface area contributed by atoms with Gasteiger partial charge in [0, 0.05) is 6.04 Å². The lowest BCUT2D eigenvalue weighted by Crippen LogP contribution is -2.34. The molecular formula is C7H15NO. The zero-order valence-electron chi connectivity index (χ0n) is 5.88. The molecule has 0 spiro atoms. The van der Waals surface area contributed by atoms with Gasteiger partial charge < -0.3 is 10.8 Å². The largest absolute Gasteiger partial charge is 0.393 e. The smallest absolute Gasteiger partial charge is 0.0566 e. The summed E-state index contributed by atoms with van der Waals surface area (Å²) in [5.41, 5.74) is 5.68. The van der Waals surface area contributed by atoms with E-state index in [0.717, 1.165) is 19.3 Å². The van der Waals surface area contributed by atoms with Crippen molar-refractivity contribution in [1.29, 1.82) is 0 Å². The Morgan fingerprint density at radius 3 is 2.56 bits per heavy atom. The molecule has 1 rings (SSSR count). The predicted octanol–water partition coefficient (Wildman–Crippen LogP) is 0.495. The first kappa shape index (κ1) is 7.03. The predicted molar refractivity (Wildman–Crippen MR) is 37.0 cm³/mol. The van der Waals surface area contributed by atoms with Gasteiger partial charge in [0.1, 0.15) is 0 Å². The summed E-state index contributed by atoms with van der Waals surface area (Å²) in [6.45, 7) is 2.06. The lowest BCUT2D eigenvalue weighted by atomic mass is 9.85. The van der Waals surface area contributed by atoms with E-state index in [-0.39, 0.29) is 6.10 Å². The van der Waals surface area contributed by atoms with Crippen molar-refractivity contribution in [2.45, 2.75) is 38.3 Å². The molecule has 0 unspecified atom stereocenters. The van der Waals surface area contributed by atoms with E-state index in [2.05, 4.69) is 6.92 Å². The molecule has 1 fully saturated rings. The zero-order chi connectivity index (χ0) is 6.85. The van der Waals surface area contributed by atoms with E-state index in [1.54, 1.807) is 0 Å². The summed E-state index contributed by atoms with van der Waals surface area (Å²) in [5.74, 6) is 0.411. The highest BCUT2D eigenvalue weighted by atomic mass is 16.3. The standard InChI is InChI=1S/C7H15NO/c1-5-4-6(8)2-3-7(5)9/h5-7,9H,2-4,8H2,1H3/t5-,6-,7-/m0/s1. The molecule has 0 aromatic rings. The first-order chi connectivity index (χ1) is 4.20. The maximum Gasteiger partial charge on any atom is 0.0566 e. The summed E-state index contributed by atoms with van der Waals surface area (Å²) >= 11 is 0. The molecule has 0 aliphatic heterocycles. The Morgan fingerprint density at radius 1 is 1.44 bits per heavy atom. The Hall–Kier alpha value is -0.0800. The van der Waals surface area contributed by atoms with Gasteiger partial charge in [0.15, 0.2) is 0 Å². The number of nitrogens with two attached hydrogens (primary N) is 1. The third-order valence-corrected chi connectivity index (χ3v) is 2.16. The van der Waals surface area contributed by atoms with Gasteiger partial charge in [-0.05, 0) is 25.2 Å². The van der Waals surface area contributed by atoms with Crippen LogP contribution in [0.1, 0.15) is 26.2 Å². The SMILES string of the molecule is C[C@H]1C[C@@H](N)CC[C@@H]1O. The molecule has 0 aromatic carbocycles. The topological polar surface area (TPSA) is 46.2 Å². The van der Waals surface area contributed by atoms with Crippen LogP contribution in [0.2, 0.25) is 0 Å². The molecule has 3 N–H and O–H groups in total. The van der Waals surface area contributed by atoms with Gasteiger partial charge >= 0.3 is 0 Å². The minimum absolute atomic E-state index is 0.0928. The summed E-state index contributed by atoms with van der Waals surface area (Å²) in [7, 11) is 0. The first-order valence-corrected chi connectivity index (χ1v) is 3.64. The molecule has 0 radical (unpaired) electrons. The van der Waals surface area contributed by atoms with Gasteiger partial charge in [-0.15, -0.1) is 0 Å². The van der Waals surface area contributed by atoms with E-state index < -0.39 is 0 Å². The quantitative estimate of drug-likeness (QED) is 0.500. The Bertz CT molecular complexity index is 94.9. The molecule has 54 valence electrons. The van der Waals surface area contributed by atoms with Gasteiger partial charge in [0.05, 0.1) is 6.10 Å². The highest BCUT2D eigenvalue weighted by molar-refractivity contribution is 4.78. The molecule has 0 bridgehead atoms. The van der Waals surface area contributed by atoms with E-state index in [4.69, 9.17) is 5.73 Å². The Morgan fingerprint density at radius 2 is 2.11 bits per heavy atom. The van der Waals surface area contributed by atoms with Gasteiger partial charge in [-0.25, -0.2) is 0 Å². The van der Waals surface area contributed by atoms with Crippen LogP contribution in [0, 0.1) is 5.92 Å². The third-order valence-electron chi connectivity index (χ3n) is 2.16. The van der Waals surface area contributed by atoms with Gasteiger partial charge in [-0.3, -0.25) is 0 Å². The molecular weight excluding hydrogens is 114 g/mol. The summed E-state index contributed by atoms with van der Waals surface area (Å²) in [6, 6.07) is 0.336. The fraction of sp³-hybridized carbons (Fsp3) is 1.00. The van der Waals surface area contributed by atoms with Crippen LogP contribution in [0.5, 0.6) is 0 Å². The van der Waals surface area contributed by atoms with Crippen molar-refractivity contribution in [2.75, 3.05) is 0 Å². The molecule has 0 aromatic heterocycles. The number of rotatable bonds is 0. The maximum atomic E-state index is 9.24. The molecule has 3 atom stereocenters. The average Bonchev–Trinajstić information content (AvgIpc) is 1.80. The fourth-order valence-corrected chi connectivity index (χ4v) is 1.42. The van der Waals surface area contributed by atoms with Gasteiger partial charge in [0.2, 0.25) is 0 Å². The van der Waals surface area contributed by atoms with Gasteiger partial charge in [-0.2, -0.15) is 0 Å². The second kappa shape index (κ2) is 2.67. The van der Waals surface area contributed by atoms with Crippen LogP contribution in [0.25, 0.3) is 0 Å². The van der Waals surface area contributed by atoms with E-state index in [0.29, 0.717) is 12.0 Å². The minimum atomic E-state index is -0.0928. The van der Waals surface area contributed by atoms with Crippen molar-refractivity contribution in [3.8, 4) is 0 Å². The van der Waals surface area contributed by atoms with E-state index in [9.17, 15) is 5.11 Å². The lowest BCUT2D eigenvalue weighted by Gasteiger charge is -2.28. The van der Waals surface area contributed by atoms with Gasteiger partial charge in [-0.1, -0.05) is 6.92 Å².